The summed E-state index contributed by atoms with van der Waals surface area (Å²) in [6.07, 6.45) is 1.67. The van der Waals surface area contributed by atoms with Crippen LogP contribution < -0.4 is 0 Å². The van der Waals surface area contributed by atoms with Crippen LogP contribution in [0.15, 0.2) is 65.3 Å². The van der Waals surface area contributed by atoms with Crippen molar-refractivity contribution < 1.29 is 9.21 Å². The van der Waals surface area contributed by atoms with Gasteiger partial charge in [-0.15, -0.1) is 0 Å². The fourth-order valence-corrected chi connectivity index (χ4v) is 2.63. The summed E-state index contributed by atoms with van der Waals surface area (Å²) in [5.74, 6) is 0.748. The molecule has 0 spiro atoms. The fourth-order valence-electron chi connectivity index (χ4n) is 2.63. The van der Waals surface area contributed by atoms with Crippen LogP contribution in [0, 0.1) is 0 Å². The van der Waals surface area contributed by atoms with Crippen LogP contribution in [0.5, 0.6) is 0 Å². The number of carbonyl (C=O) groups excluding carboxylic acids is 1. The summed E-state index contributed by atoms with van der Waals surface area (Å²) >= 11 is 0. The standard InChI is InChI=1S/C17H10O2/c18-16-12-8-4-5-9-13(12)17-15(16)14(10-19-17)11-6-2-1-3-7-11/h1-10H. The summed E-state index contributed by atoms with van der Waals surface area (Å²) in [5.41, 5.74) is 4.19. The monoisotopic (exact) mass is 246 g/mol. The molecule has 4 rings (SSSR count). The molecule has 19 heavy (non-hydrogen) atoms. The molecule has 0 N–H and O–H groups in total. The molecule has 90 valence electrons. The molecule has 0 fully saturated rings. The molecule has 0 atom stereocenters. The van der Waals surface area contributed by atoms with Crippen LogP contribution in [0.4, 0.5) is 0 Å². The van der Waals surface area contributed by atoms with E-state index in [1.165, 1.54) is 0 Å². The van der Waals surface area contributed by atoms with Crippen molar-refractivity contribution >= 4 is 5.78 Å². The molecule has 0 radical (unpaired) electrons. The number of rotatable bonds is 1. The van der Waals surface area contributed by atoms with Crippen molar-refractivity contribution in [3.8, 4) is 22.5 Å². The van der Waals surface area contributed by atoms with E-state index in [9.17, 15) is 4.79 Å². The highest BCUT2D eigenvalue weighted by Gasteiger charge is 2.32. The van der Waals surface area contributed by atoms with Gasteiger partial charge in [-0.1, -0.05) is 54.6 Å². The molecule has 0 unspecified atom stereocenters. The van der Waals surface area contributed by atoms with Crippen molar-refractivity contribution in [1.82, 2.24) is 0 Å². The van der Waals surface area contributed by atoms with E-state index in [4.69, 9.17) is 4.42 Å². The first-order valence-electron chi connectivity index (χ1n) is 6.17. The lowest BCUT2D eigenvalue weighted by Crippen LogP contribution is -1.96. The van der Waals surface area contributed by atoms with E-state index in [2.05, 4.69) is 0 Å². The maximum atomic E-state index is 12.5. The summed E-state index contributed by atoms with van der Waals surface area (Å²) in [4.78, 5) is 12.5. The van der Waals surface area contributed by atoms with Gasteiger partial charge < -0.3 is 4.42 Å². The molecule has 1 aromatic heterocycles. The highest BCUT2D eigenvalue weighted by Crippen LogP contribution is 2.42. The highest BCUT2D eigenvalue weighted by molar-refractivity contribution is 6.23. The number of fused-ring (bicyclic) bond motifs is 3. The molecule has 0 bridgehead atoms. The Hall–Kier alpha value is -2.61. The maximum absolute atomic E-state index is 12.5. The molecule has 0 aliphatic heterocycles. The minimum atomic E-state index is 0.0539. The third kappa shape index (κ3) is 1.34. The second-order valence-electron chi connectivity index (χ2n) is 4.59. The maximum Gasteiger partial charge on any atom is 0.198 e. The van der Waals surface area contributed by atoms with Gasteiger partial charge >= 0.3 is 0 Å². The highest BCUT2D eigenvalue weighted by atomic mass is 16.3. The molecular formula is C17H10O2. The summed E-state index contributed by atoms with van der Waals surface area (Å²) in [6, 6.07) is 17.4. The van der Waals surface area contributed by atoms with E-state index in [1.54, 1.807) is 6.26 Å². The molecule has 2 aromatic carbocycles. The molecule has 2 heteroatoms. The Bertz CT molecular complexity index is 782. The van der Waals surface area contributed by atoms with E-state index in [1.807, 2.05) is 54.6 Å². The third-order valence-corrected chi connectivity index (χ3v) is 3.52. The molecule has 3 aromatic rings. The van der Waals surface area contributed by atoms with E-state index in [0.717, 1.165) is 22.3 Å². The normalized spacial score (nSPS) is 12.3. The average Bonchev–Trinajstić information content (AvgIpc) is 3.02. The summed E-state index contributed by atoms with van der Waals surface area (Å²) < 4.78 is 5.64. The molecule has 2 nitrogen and oxygen atoms in total. The van der Waals surface area contributed by atoms with Crippen LogP contribution in [-0.2, 0) is 0 Å². The van der Waals surface area contributed by atoms with Gasteiger partial charge in [0.25, 0.3) is 0 Å². The van der Waals surface area contributed by atoms with Gasteiger partial charge in [0.05, 0.1) is 11.8 Å². The van der Waals surface area contributed by atoms with Gasteiger partial charge in [-0.25, -0.2) is 0 Å². The van der Waals surface area contributed by atoms with Crippen LogP contribution >= 0.6 is 0 Å². The molecule has 1 aliphatic carbocycles. The zero-order valence-corrected chi connectivity index (χ0v) is 10.1. The Labute approximate surface area is 110 Å². The summed E-state index contributed by atoms with van der Waals surface area (Å²) in [7, 11) is 0. The Morgan fingerprint density at radius 3 is 2.21 bits per heavy atom. The molecule has 1 heterocycles. The lowest BCUT2D eigenvalue weighted by molar-refractivity contribution is 0.104. The van der Waals surface area contributed by atoms with Crippen LogP contribution in [0.1, 0.15) is 15.9 Å². The topological polar surface area (TPSA) is 30.2 Å². The molecular weight excluding hydrogens is 236 g/mol. The van der Waals surface area contributed by atoms with Crippen molar-refractivity contribution in [1.29, 1.82) is 0 Å². The number of ketones is 1. The van der Waals surface area contributed by atoms with Gasteiger partial charge in [-0.05, 0) is 5.56 Å². The minimum Gasteiger partial charge on any atom is -0.463 e. The van der Waals surface area contributed by atoms with Gasteiger partial charge in [0, 0.05) is 16.7 Å². The number of benzene rings is 2. The summed E-state index contributed by atoms with van der Waals surface area (Å²) in [5, 5.41) is 0. The van der Waals surface area contributed by atoms with Gasteiger partial charge in [-0.2, -0.15) is 0 Å². The van der Waals surface area contributed by atoms with Crippen LogP contribution in [0.25, 0.3) is 22.5 Å². The largest absolute Gasteiger partial charge is 0.463 e. The predicted molar refractivity (Wildman–Crippen MR) is 73.0 cm³/mol. The van der Waals surface area contributed by atoms with Crippen LogP contribution in [0.3, 0.4) is 0 Å². The first kappa shape index (κ1) is 10.3. The lowest BCUT2D eigenvalue weighted by atomic mass is 10.0. The second-order valence-corrected chi connectivity index (χ2v) is 4.59. The number of carbonyl (C=O) groups is 1. The van der Waals surface area contributed by atoms with Crippen molar-refractivity contribution in [3.05, 3.63) is 72.0 Å². The fraction of sp³-hybridized carbons (Fsp3) is 0. The Balaban J connectivity index is 1.98. The van der Waals surface area contributed by atoms with Crippen LogP contribution in [-0.4, -0.2) is 5.78 Å². The van der Waals surface area contributed by atoms with Crippen molar-refractivity contribution in [2.45, 2.75) is 0 Å². The van der Waals surface area contributed by atoms with E-state index in [0.29, 0.717) is 11.3 Å². The Kier molecular flexibility index (Phi) is 2.00. The first-order valence-corrected chi connectivity index (χ1v) is 6.17. The molecule has 0 saturated carbocycles. The van der Waals surface area contributed by atoms with Gasteiger partial charge in [0.1, 0.15) is 5.76 Å². The molecule has 1 aliphatic rings. The Morgan fingerprint density at radius 2 is 1.42 bits per heavy atom. The summed E-state index contributed by atoms with van der Waals surface area (Å²) in [6.45, 7) is 0. The van der Waals surface area contributed by atoms with Gasteiger partial charge in [0.2, 0.25) is 0 Å². The van der Waals surface area contributed by atoms with Gasteiger partial charge in [0.15, 0.2) is 5.78 Å². The SMILES string of the molecule is O=C1c2ccccc2-c2occ(-c3ccccc3)c21. The van der Waals surface area contributed by atoms with Gasteiger partial charge in [-0.3, -0.25) is 4.79 Å². The molecule has 0 amide bonds. The number of hydrogen-bond acceptors (Lipinski definition) is 2. The second kappa shape index (κ2) is 3.69. The van der Waals surface area contributed by atoms with E-state index in [-0.39, 0.29) is 5.78 Å². The predicted octanol–water partition coefficient (Wildman–Crippen LogP) is 4.16. The Morgan fingerprint density at radius 1 is 0.737 bits per heavy atom. The quantitative estimate of drug-likeness (QED) is 0.505. The van der Waals surface area contributed by atoms with Crippen LogP contribution in [0.2, 0.25) is 0 Å². The average molecular weight is 246 g/mol. The van der Waals surface area contributed by atoms with Crippen molar-refractivity contribution in [2.75, 3.05) is 0 Å². The zero-order valence-electron chi connectivity index (χ0n) is 10.1. The molecule has 0 saturated heterocycles. The first-order chi connectivity index (χ1) is 9.36. The third-order valence-electron chi connectivity index (χ3n) is 3.52. The zero-order chi connectivity index (χ0) is 12.8. The van der Waals surface area contributed by atoms with Crippen molar-refractivity contribution in [3.63, 3.8) is 0 Å². The van der Waals surface area contributed by atoms with E-state index < -0.39 is 0 Å². The number of furan rings is 1. The lowest BCUT2D eigenvalue weighted by Gasteiger charge is -1.99. The number of hydrogen-bond donors (Lipinski definition) is 0. The van der Waals surface area contributed by atoms with Crippen molar-refractivity contribution in [2.24, 2.45) is 0 Å². The smallest absolute Gasteiger partial charge is 0.198 e. The van der Waals surface area contributed by atoms with E-state index >= 15 is 0 Å². The minimum absolute atomic E-state index is 0.0539.